The van der Waals surface area contributed by atoms with E-state index in [1.165, 1.54) is 16.0 Å². The summed E-state index contributed by atoms with van der Waals surface area (Å²) in [5, 5.41) is 13.2. The van der Waals surface area contributed by atoms with Gasteiger partial charge in [-0.25, -0.2) is 4.79 Å². The van der Waals surface area contributed by atoms with Crippen LogP contribution in [0.25, 0.3) is 0 Å². The van der Waals surface area contributed by atoms with Crippen LogP contribution >= 0.6 is 0 Å². The predicted molar refractivity (Wildman–Crippen MR) is 177 cm³/mol. The molecular formula is C37H53N3O5. The summed E-state index contributed by atoms with van der Waals surface area (Å²) in [5.74, 6) is 0.559. The number of ether oxygens (including phenoxy) is 1. The summed E-state index contributed by atoms with van der Waals surface area (Å²) >= 11 is 0. The molecule has 2 aliphatic rings. The Morgan fingerprint density at radius 3 is 2.27 bits per heavy atom. The lowest BCUT2D eigenvalue weighted by Crippen LogP contribution is -2.59. The minimum absolute atomic E-state index is 0.00527. The highest BCUT2D eigenvalue weighted by Gasteiger charge is 2.38. The summed E-state index contributed by atoms with van der Waals surface area (Å²) in [6, 6.07) is 15.1. The molecule has 1 atom stereocenters. The van der Waals surface area contributed by atoms with Gasteiger partial charge in [0, 0.05) is 36.2 Å². The van der Waals surface area contributed by atoms with E-state index in [1.54, 1.807) is 20.8 Å². The van der Waals surface area contributed by atoms with Gasteiger partial charge in [0.05, 0.1) is 13.2 Å². The second-order valence-electron chi connectivity index (χ2n) is 14.2. The van der Waals surface area contributed by atoms with Crippen molar-refractivity contribution in [3.63, 3.8) is 0 Å². The molecule has 1 heterocycles. The first-order valence-corrected chi connectivity index (χ1v) is 16.7. The van der Waals surface area contributed by atoms with E-state index in [0.717, 1.165) is 75.7 Å². The first-order chi connectivity index (χ1) is 21.4. The zero-order chi connectivity index (χ0) is 32.6. The minimum Gasteiger partial charge on any atom is -0.465 e. The molecule has 8 nitrogen and oxygen atoms in total. The van der Waals surface area contributed by atoms with Crippen molar-refractivity contribution in [3.05, 3.63) is 70.8 Å². The van der Waals surface area contributed by atoms with Gasteiger partial charge >= 0.3 is 6.09 Å². The summed E-state index contributed by atoms with van der Waals surface area (Å²) in [4.78, 5) is 42.1. The summed E-state index contributed by atoms with van der Waals surface area (Å²) in [5.41, 5.74) is 3.73. The molecule has 0 bridgehead atoms. The first-order valence-electron chi connectivity index (χ1n) is 16.7. The molecule has 0 spiro atoms. The van der Waals surface area contributed by atoms with Gasteiger partial charge in [0.1, 0.15) is 6.04 Å². The number of fused-ring (bicyclic) bond motifs is 1. The van der Waals surface area contributed by atoms with Crippen molar-refractivity contribution < 1.29 is 24.2 Å². The van der Waals surface area contributed by atoms with E-state index < -0.39 is 17.7 Å². The van der Waals surface area contributed by atoms with E-state index in [-0.39, 0.29) is 30.3 Å². The predicted octanol–water partition coefficient (Wildman–Crippen LogP) is 6.35. The zero-order valence-corrected chi connectivity index (χ0v) is 27.9. The maximum atomic E-state index is 13.6. The van der Waals surface area contributed by atoms with Crippen LogP contribution in [0, 0.1) is 11.8 Å². The molecule has 0 saturated heterocycles. The summed E-state index contributed by atoms with van der Waals surface area (Å²) in [6.45, 7) is 12.7. The van der Waals surface area contributed by atoms with E-state index >= 15 is 0 Å². The molecule has 1 saturated carbocycles. The Hall–Kier alpha value is -3.23. The molecule has 246 valence electrons. The summed E-state index contributed by atoms with van der Waals surface area (Å²) in [6.07, 6.45) is 5.90. The van der Waals surface area contributed by atoms with Crippen LogP contribution in [-0.4, -0.2) is 76.6 Å². The molecule has 0 radical (unpaired) electrons. The van der Waals surface area contributed by atoms with Gasteiger partial charge in [-0.15, -0.1) is 0 Å². The van der Waals surface area contributed by atoms with Gasteiger partial charge in [-0.3, -0.25) is 14.5 Å². The highest BCUT2D eigenvalue weighted by molar-refractivity contribution is 5.97. The van der Waals surface area contributed by atoms with Crippen molar-refractivity contribution in [3.8, 4) is 0 Å². The molecule has 8 heteroatoms. The van der Waals surface area contributed by atoms with Gasteiger partial charge in [0.25, 0.3) is 0 Å². The second-order valence-corrected chi connectivity index (χ2v) is 14.2. The van der Waals surface area contributed by atoms with Crippen LogP contribution in [0.3, 0.4) is 0 Å². The van der Waals surface area contributed by atoms with Crippen molar-refractivity contribution in [2.75, 3.05) is 26.2 Å². The number of rotatable bonds is 12. The van der Waals surface area contributed by atoms with Gasteiger partial charge in [-0.2, -0.15) is 0 Å². The number of nitrogens with zero attached hydrogens (tertiary/aromatic N) is 2. The molecule has 0 aromatic heterocycles. The topological polar surface area (TPSA) is 99.2 Å². The lowest BCUT2D eigenvalue weighted by Gasteiger charge is -2.39. The van der Waals surface area contributed by atoms with Crippen molar-refractivity contribution in [1.82, 2.24) is 15.1 Å². The molecular weight excluding hydrogens is 566 g/mol. The van der Waals surface area contributed by atoms with Crippen molar-refractivity contribution in [1.29, 1.82) is 0 Å². The van der Waals surface area contributed by atoms with Gasteiger partial charge in [0.15, 0.2) is 5.78 Å². The molecule has 45 heavy (non-hydrogen) atoms. The van der Waals surface area contributed by atoms with Crippen molar-refractivity contribution in [2.24, 2.45) is 11.8 Å². The largest absolute Gasteiger partial charge is 0.465 e. The normalized spacial score (nSPS) is 19.8. The summed E-state index contributed by atoms with van der Waals surface area (Å²) < 4.78 is 5.89. The molecule has 0 unspecified atom stereocenters. The lowest BCUT2D eigenvalue weighted by atomic mass is 9.84. The SMILES string of the molecule is CC(C)C(=O)c1ccc2c(c1)CCN(CCC1CCC(NC(=O)[C@H](COCc3ccccc3)N(C(=O)O)C(C)(C)C)CC1)CC2. The summed E-state index contributed by atoms with van der Waals surface area (Å²) in [7, 11) is 0. The van der Waals surface area contributed by atoms with Crippen molar-refractivity contribution in [2.45, 2.75) is 104 Å². The van der Waals surface area contributed by atoms with E-state index in [9.17, 15) is 19.5 Å². The third-order valence-electron chi connectivity index (χ3n) is 9.39. The molecule has 1 fully saturated rings. The number of benzene rings is 2. The van der Waals surface area contributed by atoms with Crippen LogP contribution in [0.2, 0.25) is 0 Å². The van der Waals surface area contributed by atoms with Crippen LogP contribution in [0.4, 0.5) is 4.79 Å². The Labute approximate surface area is 269 Å². The highest BCUT2D eigenvalue weighted by Crippen LogP contribution is 2.28. The van der Waals surface area contributed by atoms with E-state index in [4.69, 9.17) is 4.74 Å². The standard InChI is InChI=1S/C37H53N3O5/c1-26(2)34(41)31-14-13-29-18-21-39(22-19-30(29)23-31)20-17-27-11-15-32(16-12-27)38-35(42)33(40(36(43)44)37(3,4)5)25-45-24-28-9-7-6-8-10-28/h6-10,13-14,23,26-27,32-33H,11-12,15-22,24-25H2,1-5H3,(H,38,42)(H,43,44)/t27?,32?,33-/m0/s1. The van der Waals surface area contributed by atoms with Gasteiger partial charge in [0.2, 0.25) is 5.91 Å². The number of ketones is 1. The van der Waals surface area contributed by atoms with E-state index in [1.807, 2.05) is 50.2 Å². The zero-order valence-electron chi connectivity index (χ0n) is 27.9. The van der Waals surface area contributed by atoms with E-state index in [0.29, 0.717) is 12.5 Å². The number of nitrogens with one attached hydrogen (secondary N) is 1. The molecule has 4 rings (SSSR count). The maximum absolute atomic E-state index is 13.6. The average molecular weight is 620 g/mol. The van der Waals surface area contributed by atoms with Crippen LogP contribution in [0.15, 0.2) is 48.5 Å². The van der Waals surface area contributed by atoms with Gasteiger partial charge in [-0.05, 0) is 101 Å². The smallest absolute Gasteiger partial charge is 0.408 e. The number of carboxylic acid groups (broad SMARTS) is 1. The number of carbonyl (C=O) groups is 3. The molecule has 1 aliphatic carbocycles. The highest BCUT2D eigenvalue weighted by atomic mass is 16.5. The molecule has 2 N–H and O–H groups in total. The third-order valence-corrected chi connectivity index (χ3v) is 9.39. The fourth-order valence-corrected chi connectivity index (χ4v) is 6.76. The van der Waals surface area contributed by atoms with Crippen LogP contribution < -0.4 is 5.32 Å². The lowest BCUT2D eigenvalue weighted by molar-refractivity contribution is -0.131. The molecule has 2 amide bonds. The third kappa shape index (κ3) is 9.88. The van der Waals surface area contributed by atoms with Crippen LogP contribution in [0.1, 0.15) is 93.8 Å². The fourth-order valence-electron chi connectivity index (χ4n) is 6.76. The molecule has 1 aliphatic heterocycles. The Morgan fingerprint density at radius 2 is 1.64 bits per heavy atom. The second kappa shape index (κ2) is 15.9. The van der Waals surface area contributed by atoms with Crippen LogP contribution in [-0.2, 0) is 29.0 Å². The Morgan fingerprint density at radius 1 is 0.978 bits per heavy atom. The minimum atomic E-state index is -1.13. The Bertz CT molecular complexity index is 1280. The van der Waals surface area contributed by atoms with Crippen LogP contribution in [0.5, 0.6) is 0 Å². The number of amides is 2. The van der Waals surface area contributed by atoms with Gasteiger partial charge in [-0.1, -0.05) is 56.3 Å². The molecule has 2 aromatic rings. The first kappa shape index (κ1) is 34.6. The molecule has 2 aromatic carbocycles. The number of Topliss-reactive ketones (excluding diaryl/α,β-unsaturated/α-hetero) is 1. The monoisotopic (exact) mass is 619 g/mol. The number of hydrogen-bond donors (Lipinski definition) is 2. The number of hydrogen-bond acceptors (Lipinski definition) is 5. The Balaban J connectivity index is 1.25. The number of carbonyl (C=O) groups excluding carboxylic acids is 2. The quantitative estimate of drug-likeness (QED) is 0.269. The van der Waals surface area contributed by atoms with Gasteiger partial charge < -0.3 is 20.1 Å². The van der Waals surface area contributed by atoms with E-state index in [2.05, 4.69) is 22.3 Å². The van der Waals surface area contributed by atoms with Crippen molar-refractivity contribution >= 4 is 17.8 Å². The fraction of sp³-hybridized carbons (Fsp3) is 0.595. The maximum Gasteiger partial charge on any atom is 0.408 e. The average Bonchev–Trinajstić information content (AvgIpc) is 3.21. The Kier molecular flexibility index (Phi) is 12.2.